The van der Waals surface area contributed by atoms with Crippen molar-refractivity contribution in [3.63, 3.8) is 0 Å². The fourth-order valence-electron chi connectivity index (χ4n) is 1.35. The molecule has 0 unspecified atom stereocenters. The summed E-state index contributed by atoms with van der Waals surface area (Å²) in [4.78, 5) is 11.7. The maximum absolute atomic E-state index is 14.0. The van der Waals surface area contributed by atoms with Gasteiger partial charge in [-0.1, -0.05) is 25.4 Å². The van der Waals surface area contributed by atoms with Gasteiger partial charge < -0.3 is 10.4 Å². The Morgan fingerprint density at radius 3 is 2.36 bits per heavy atom. The predicted octanol–water partition coefficient (Wildman–Crippen LogP) is 4.23. The third-order valence-electron chi connectivity index (χ3n) is 2.65. The average Bonchev–Trinajstić information content (AvgIpc) is 2.36. The van der Waals surface area contributed by atoms with Crippen LogP contribution in [0.15, 0.2) is 17.0 Å². The molecule has 0 saturated heterocycles. The zero-order valence-electron chi connectivity index (χ0n) is 11.9. The molecule has 0 heterocycles. The van der Waals surface area contributed by atoms with Crippen molar-refractivity contribution in [1.82, 2.24) is 0 Å². The van der Waals surface area contributed by atoms with Gasteiger partial charge in [-0.05, 0) is 19.1 Å². The highest BCUT2D eigenvalue weighted by Crippen LogP contribution is 2.36. The smallest absolute Gasteiger partial charge is 0.373 e. The number of hydrogen-bond acceptors (Lipinski definition) is 3. The summed E-state index contributed by atoms with van der Waals surface area (Å²) < 4.78 is 51.7. The van der Waals surface area contributed by atoms with Gasteiger partial charge in [0.05, 0.1) is 5.69 Å². The number of thioether (sulfide) groups is 1. The summed E-state index contributed by atoms with van der Waals surface area (Å²) in [5.41, 5.74) is -3.96. The number of benzene rings is 1. The summed E-state index contributed by atoms with van der Waals surface area (Å²) in [6.07, 6.45) is -5.17. The average molecular weight is 360 g/mol. The van der Waals surface area contributed by atoms with E-state index >= 15 is 0 Å². The van der Waals surface area contributed by atoms with Crippen LogP contribution < -0.4 is 5.32 Å². The van der Waals surface area contributed by atoms with E-state index in [1.165, 1.54) is 23.9 Å². The van der Waals surface area contributed by atoms with Crippen LogP contribution in [0.4, 0.5) is 23.2 Å². The summed E-state index contributed by atoms with van der Waals surface area (Å²) in [6.45, 7) is 3.96. The van der Waals surface area contributed by atoms with E-state index in [-0.39, 0.29) is 15.8 Å². The molecule has 0 aliphatic heterocycles. The third-order valence-corrected chi connectivity index (χ3v) is 4.06. The minimum atomic E-state index is -5.17. The molecule has 1 aromatic carbocycles. The lowest BCUT2D eigenvalue weighted by Crippen LogP contribution is -2.52. The molecule has 0 fully saturated rings. The molecular formula is C13H14ClF4NO2S. The van der Waals surface area contributed by atoms with Gasteiger partial charge in [0.1, 0.15) is 5.02 Å². The van der Waals surface area contributed by atoms with E-state index < -0.39 is 28.5 Å². The highest BCUT2D eigenvalue weighted by molar-refractivity contribution is 7.99. The third kappa shape index (κ3) is 4.05. The van der Waals surface area contributed by atoms with Gasteiger partial charge in [0.2, 0.25) is 5.60 Å². The summed E-state index contributed by atoms with van der Waals surface area (Å²) in [5, 5.41) is 10.6. The molecule has 1 aromatic rings. The van der Waals surface area contributed by atoms with Crippen LogP contribution in [0.5, 0.6) is 0 Å². The zero-order valence-corrected chi connectivity index (χ0v) is 13.5. The van der Waals surface area contributed by atoms with Gasteiger partial charge in [-0.3, -0.25) is 4.79 Å². The van der Waals surface area contributed by atoms with E-state index in [9.17, 15) is 27.5 Å². The van der Waals surface area contributed by atoms with Gasteiger partial charge in [0.15, 0.2) is 5.82 Å². The molecule has 0 aliphatic carbocycles. The van der Waals surface area contributed by atoms with Crippen molar-refractivity contribution < 1.29 is 27.5 Å². The monoisotopic (exact) mass is 359 g/mol. The van der Waals surface area contributed by atoms with E-state index in [4.69, 9.17) is 11.6 Å². The summed E-state index contributed by atoms with van der Waals surface area (Å²) in [7, 11) is 0. The molecule has 0 aliphatic rings. The highest BCUT2D eigenvalue weighted by atomic mass is 35.5. The molecule has 0 spiro atoms. The van der Waals surface area contributed by atoms with Crippen LogP contribution in [-0.2, 0) is 4.79 Å². The molecule has 1 amide bonds. The Labute approximate surface area is 134 Å². The molecule has 2 N–H and O–H groups in total. The number of carbonyl (C=O) groups excluding carboxylic acids is 1. The number of halogens is 5. The second kappa shape index (κ2) is 6.64. The number of alkyl halides is 3. The van der Waals surface area contributed by atoms with Crippen LogP contribution in [-0.4, -0.2) is 28.0 Å². The number of hydrogen-bond donors (Lipinski definition) is 2. The number of carbonyl (C=O) groups is 1. The molecule has 1 rings (SSSR count). The second-order valence-electron chi connectivity index (χ2n) is 4.93. The predicted molar refractivity (Wildman–Crippen MR) is 77.7 cm³/mol. The first-order valence-electron chi connectivity index (χ1n) is 6.13. The van der Waals surface area contributed by atoms with Crippen LogP contribution in [0.3, 0.4) is 0 Å². The Bertz CT molecular complexity index is 576. The van der Waals surface area contributed by atoms with Crippen LogP contribution in [0.25, 0.3) is 0 Å². The van der Waals surface area contributed by atoms with E-state index in [0.717, 1.165) is 0 Å². The number of rotatable bonds is 4. The molecule has 3 nitrogen and oxygen atoms in total. The lowest BCUT2D eigenvalue weighted by molar-refractivity contribution is -0.242. The Kier molecular flexibility index (Phi) is 5.75. The van der Waals surface area contributed by atoms with Crippen LogP contribution in [0.1, 0.15) is 20.8 Å². The fraction of sp³-hybridized carbons (Fsp3) is 0.462. The molecule has 22 heavy (non-hydrogen) atoms. The van der Waals surface area contributed by atoms with Gasteiger partial charge >= 0.3 is 6.18 Å². The van der Waals surface area contributed by atoms with Gasteiger partial charge in [-0.25, -0.2) is 4.39 Å². The Morgan fingerprint density at radius 2 is 1.91 bits per heavy atom. The van der Waals surface area contributed by atoms with Crippen molar-refractivity contribution in [3.05, 3.63) is 23.0 Å². The van der Waals surface area contributed by atoms with E-state index in [1.54, 1.807) is 5.32 Å². The van der Waals surface area contributed by atoms with Gasteiger partial charge in [0, 0.05) is 10.1 Å². The molecule has 0 bridgehead atoms. The number of anilines is 1. The SMILES string of the molecule is CC(C)Sc1ccc(NC(=O)[C@@](C)(O)C(F)(F)F)c(Cl)c1F. The quantitative estimate of drug-likeness (QED) is 0.624. The summed E-state index contributed by atoms with van der Waals surface area (Å²) >= 11 is 6.90. The first-order chi connectivity index (χ1) is 9.87. The van der Waals surface area contributed by atoms with Crippen molar-refractivity contribution >= 4 is 35.0 Å². The topological polar surface area (TPSA) is 49.3 Å². The van der Waals surface area contributed by atoms with Crippen molar-refractivity contribution in [2.24, 2.45) is 0 Å². The van der Waals surface area contributed by atoms with Crippen molar-refractivity contribution in [1.29, 1.82) is 0 Å². The molecule has 1 atom stereocenters. The highest BCUT2D eigenvalue weighted by Gasteiger charge is 2.55. The largest absolute Gasteiger partial charge is 0.426 e. The minimum Gasteiger partial charge on any atom is -0.373 e. The molecular weight excluding hydrogens is 346 g/mol. The van der Waals surface area contributed by atoms with Gasteiger partial charge in [0.25, 0.3) is 5.91 Å². The maximum Gasteiger partial charge on any atom is 0.426 e. The van der Waals surface area contributed by atoms with E-state index in [0.29, 0.717) is 6.92 Å². The van der Waals surface area contributed by atoms with E-state index in [1.807, 2.05) is 13.8 Å². The first kappa shape index (κ1) is 19.1. The fourth-order valence-corrected chi connectivity index (χ4v) is 2.47. The molecule has 0 aromatic heterocycles. The Balaban J connectivity index is 3.06. The number of nitrogens with one attached hydrogen (secondary N) is 1. The zero-order chi connectivity index (χ0) is 17.3. The maximum atomic E-state index is 14.0. The van der Waals surface area contributed by atoms with Crippen LogP contribution in [0, 0.1) is 5.82 Å². The lowest BCUT2D eigenvalue weighted by Gasteiger charge is -2.25. The van der Waals surface area contributed by atoms with Crippen molar-refractivity contribution in [2.75, 3.05) is 5.32 Å². The number of amides is 1. The molecule has 0 saturated carbocycles. The van der Waals surface area contributed by atoms with Crippen molar-refractivity contribution in [3.8, 4) is 0 Å². The summed E-state index contributed by atoms with van der Waals surface area (Å²) in [5.74, 6) is -2.59. The number of aliphatic hydroxyl groups is 1. The second-order valence-corrected chi connectivity index (χ2v) is 6.93. The standard InChI is InChI=1S/C13H14ClF4NO2S/c1-6(2)22-8-5-4-7(9(14)10(8)15)19-11(20)12(3,21)13(16,17)18/h4-6,21H,1-3H3,(H,19,20)/t12-/m1/s1. The van der Waals surface area contributed by atoms with Gasteiger partial charge in [-0.2, -0.15) is 13.2 Å². The first-order valence-corrected chi connectivity index (χ1v) is 7.39. The van der Waals surface area contributed by atoms with Crippen LogP contribution >= 0.6 is 23.4 Å². The Hall–Kier alpha value is -0.990. The normalized spacial score (nSPS) is 14.8. The van der Waals surface area contributed by atoms with E-state index in [2.05, 4.69) is 0 Å². The molecule has 0 radical (unpaired) electrons. The minimum absolute atomic E-state index is 0.0666. The lowest BCUT2D eigenvalue weighted by atomic mass is 10.1. The van der Waals surface area contributed by atoms with Gasteiger partial charge in [-0.15, -0.1) is 11.8 Å². The molecule has 9 heteroatoms. The van der Waals surface area contributed by atoms with Crippen LogP contribution in [0.2, 0.25) is 5.02 Å². The van der Waals surface area contributed by atoms with Crippen molar-refractivity contribution in [2.45, 2.75) is 42.7 Å². The Morgan fingerprint density at radius 1 is 1.36 bits per heavy atom. The molecule has 124 valence electrons. The summed E-state index contributed by atoms with van der Waals surface area (Å²) in [6, 6.07) is 2.48.